The number of carbonyl (C=O) groups is 1. The third-order valence-corrected chi connectivity index (χ3v) is 6.22. The molecule has 0 radical (unpaired) electrons. The molecule has 4 aromatic heterocycles. The van der Waals surface area contributed by atoms with Crippen LogP contribution in [0.4, 0.5) is 10.1 Å². The molecule has 0 saturated heterocycles. The van der Waals surface area contributed by atoms with Crippen molar-refractivity contribution in [2.24, 2.45) is 0 Å². The van der Waals surface area contributed by atoms with Gasteiger partial charge in [0, 0.05) is 41.2 Å². The van der Waals surface area contributed by atoms with E-state index >= 15 is 0 Å². The first kappa shape index (κ1) is 22.4. The number of phenols is 1. The maximum atomic E-state index is 14.0. The molecular weight excluding hydrogens is 471 g/mol. The highest BCUT2D eigenvalue weighted by atomic mass is 19.1. The SMILES string of the molecule is CCC(=O)Nc1cncc(-c2ccc3[nH]nc(-c4cc5c(-c6cc(O)cc(F)c6)ccnc5[nH]4)c3c2)c1. The largest absolute Gasteiger partial charge is 0.508 e. The quantitative estimate of drug-likeness (QED) is 0.234. The Morgan fingerprint density at radius 2 is 1.89 bits per heavy atom. The normalized spacial score (nSPS) is 11.3. The zero-order valence-corrected chi connectivity index (χ0v) is 19.7. The second-order valence-corrected chi connectivity index (χ2v) is 8.70. The number of H-pyrrole nitrogens is 2. The number of aromatic hydroxyl groups is 1. The monoisotopic (exact) mass is 492 g/mol. The zero-order valence-electron chi connectivity index (χ0n) is 19.7. The molecule has 9 heteroatoms. The Labute approximate surface area is 210 Å². The molecule has 8 nitrogen and oxygen atoms in total. The van der Waals surface area contributed by atoms with Crippen LogP contribution in [-0.2, 0) is 4.79 Å². The molecule has 1 amide bonds. The summed E-state index contributed by atoms with van der Waals surface area (Å²) in [5, 5.41) is 22.0. The summed E-state index contributed by atoms with van der Waals surface area (Å²) in [4.78, 5) is 23.8. The highest BCUT2D eigenvalue weighted by molar-refractivity contribution is 6.01. The van der Waals surface area contributed by atoms with Crippen LogP contribution < -0.4 is 5.32 Å². The number of pyridine rings is 2. The number of carbonyl (C=O) groups excluding carboxylic acids is 1. The van der Waals surface area contributed by atoms with E-state index in [0.29, 0.717) is 29.0 Å². The summed E-state index contributed by atoms with van der Waals surface area (Å²) in [6, 6.07) is 15.5. The third kappa shape index (κ3) is 4.16. The van der Waals surface area contributed by atoms with Gasteiger partial charge in [0.05, 0.1) is 23.1 Å². The van der Waals surface area contributed by atoms with Crippen LogP contribution in [0.25, 0.3) is 55.6 Å². The van der Waals surface area contributed by atoms with Crippen molar-refractivity contribution < 1.29 is 14.3 Å². The predicted molar refractivity (Wildman–Crippen MR) is 140 cm³/mol. The van der Waals surface area contributed by atoms with E-state index in [9.17, 15) is 14.3 Å². The number of amides is 1. The average Bonchev–Trinajstić information content (AvgIpc) is 3.51. The molecule has 182 valence electrons. The topological polar surface area (TPSA) is 120 Å². The smallest absolute Gasteiger partial charge is 0.224 e. The highest BCUT2D eigenvalue weighted by Crippen LogP contribution is 2.35. The van der Waals surface area contributed by atoms with Crippen molar-refractivity contribution in [3.63, 3.8) is 0 Å². The number of nitrogens with zero attached hydrogens (tertiary/aromatic N) is 3. The van der Waals surface area contributed by atoms with Crippen LogP contribution >= 0.6 is 0 Å². The molecule has 0 atom stereocenters. The summed E-state index contributed by atoms with van der Waals surface area (Å²) in [7, 11) is 0. The first-order chi connectivity index (χ1) is 18.0. The van der Waals surface area contributed by atoms with Crippen LogP contribution in [-0.4, -0.2) is 36.2 Å². The fourth-order valence-corrected chi connectivity index (χ4v) is 4.45. The molecule has 6 rings (SSSR count). The van der Waals surface area contributed by atoms with Gasteiger partial charge >= 0.3 is 0 Å². The molecule has 0 aliphatic rings. The molecule has 0 unspecified atom stereocenters. The summed E-state index contributed by atoms with van der Waals surface area (Å²) < 4.78 is 14.0. The van der Waals surface area contributed by atoms with Crippen LogP contribution in [0.3, 0.4) is 0 Å². The molecule has 6 aromatic rings. The lowest BCUT2D eigenvalue weighted by Crippen LogP contribution is -2.09. The fraction of sp³-hybridized carbons (Fsp3) is 0.0714. The summed E-state index contributed by atoms with van der Waals surface area (Å²) in [5.74, 6) is -0.740. The number of phenolic OH excluding ortho intramolecular Hbond substituents is 1. The van der Waals surface area contributed by atoms with Gasteiger partial charge in [0.1, 0.15) is 22.9 Å². The molecule has 0 aliphatic carbocycles. The van der Waals surface area contributed by atoms with E-state index in [1.807, 2.05) is 30.3 Å². The number of halogens is 1. The van der Waals surface area contributed by atoms with Gasteiger partial charge in [0.15, 0.2) is 0 Å². The Balaban J connectivity index is 1.43. The third-order valence-electron chi connectivity index (χ3n) is 6.22. The van der Waals surface area contributed by atoms with Crippen molar-refractivity contribution in [2.75, 3.05) is 5.32 Å². The van der Waals surface area contributed by atoms with Gasteiger partial charge in [-0.15, -0.1) is 0 Å². The first-order valence-corrected chi connectivity index (χ1v) is 11.7. The maximum absolute atomic E-state index is 14.0. The fourth-order valence-electron chi connectivity index (χ4n) is 4.45. The molecule has 4 heterocycles. The van der Waals surface area contributed by atoms with Crippen molar-refractivity contribution >= 4 is 33.5 Å². The number of aromatic amines is 2. The number of rotatable bonds is 5. The summed E-state index contributed by atoms with van der Waals surface area (Å²) >= 11 is 0. The molecule has 0 aliphatic heterocycles. The molecule has 0 spiro atoms. The Hall–Kier alpha value is -5.05. The second-order valence-electron chi connectivity index (χ2n) is 8.70. The molecule has 0 fully saturated rings. The Morgan fingerprint density at radius 1 is 1.00 bits per heavy atom. The number of aromatic nitrogens is 5. The number of nitrogens with one attached hydrogen (secondary N) is 3. The number of anilines is 1. The molecule has 0 saturated carbocycles. The molecule has 2 aromatic carbocycles. The molecule has 0 bridgehead atoms. The Kier molecular flexibility index (Phi) is 5.37. The number of fused-ring (bicyclic) bond motifs is 2. The van der Waals surface area contributed by atoms with Gasteiger partial charge in [-0.05, 0) is 59.2 Å². The number of benzene rings is 2. The Morgan fingerprint density at radius 3 is 2.73 bits per heavy atom. The summed E-state index contributed by atoms with van der Waals surface area (Å²) in [5.41, 5.74) is 6.60. The predicted octanol–water partition coefficient (Wildman–Crippen LogP) is 6.03. The van der Waals surface area contributed by atoms with E-state index in [1.54, 1.807) is 31.6 Å². The van der Waals surface area contributed by atoms with Gasteiger partial charge in [-0.1, -0.05) is 13.0 Å². The molecule has 4 N–H and O–H groups in total. The van der Waals surface area contributed by atoms with E-state index in [2.05, 4.69) is 30.5 Å². The van der Waals surface area contributed by atoms with Gasteiger partial charge in [-0.2, -0.15) is 5.10 Å². The summed E-state index contributed by atoms with van der Waals surface area (Å²) in [6.07, 6.45) is 5.39. The van der Waals surface area contributed by atoms with Crippen molar-refractivity contribution in [3.8, 4) is 39.4 Å². The van der Waals surface area contributed by atoms with Gasteiger partial charge in [0.25, 0.3) is 0 Å². The zero-order chi connectivity index (χ0) is 25.5. The van der Waals surface area contributed by atoms with E-state index < -0.39 is 5.82 Å². The minimum atomic E-state index is -0.519. The van der Waals surface area contributed by atoms with Crippen LogP contribution in [0.15, 0.2) is 73.2 Å². The second kappa shape index (κ2) is 8.87. The van der Waals surface area contributed by atoms with Crippen LogP contribution in [0.1, 0.15) is 13.3 Å². The van der Waals surface area contributed by atoms with E-state index in [-0.39, 0.29) is 11.7 Å². The molecule has 37 heavy (non-hydrogen) atoms. The highest BCUT2D eigenvalue weighted by Gasteiger charge is 2.16. The first-order valence-electron chi connectivity index (χ1n) is 11.7. The lowest BCUT2D eigenvalue weighted by molar-refractivity contribution is -0.115. The Bertz CT molecular complexity index is 1790. The minimum Gasteiger partial charge on any atom is -0.508 e. The van der Waals surface area contributed by atoms with Crippen molar-refractivity contribution in [3.05, 3.63) is 79.0 Å². The van der Waals surface area contributed by atoms with Crippen molar-refractivity contribution in [1.82, 2.24) is 25.1 Å². The number of hydrogen-bond acceptors (Lipinski definition) is 5. The molecular formula is C28H21FN6O2. The summed E-state index contributed by atoms with van der Waals surface area (Å²) in [6.45, 7) is 1.80. The average molecular weight is 493 g/mol. The lowest BCUT2D eigenvalue weighted by atomic mass is 10.0. The van der Waals surface area contributed by atoms with Gasteiger partial charge in [-0.3, -0.25) is 14.9 Å². The van der Waals surface area contributed by atoms with E-state index in [0.717, 1.165) is 44.7 Å². The van der Waals surface area contributed by atoms with Crippen molar-refractivity contribution in [1.29, 1.82) is 0 Å². The minimum absolute atomic E-state index is 0.0771. The van der Waals surface area contributed by atoms with Crippen LogP contribution in [0.5, 0.6) is 5.75 Å². The van der Waals surface area contributed by atoms with Crippen LogP contribution in [0, 0.1) is 5.82 Å². The number of hydrogen-bond donors (Lipinski definition) is 4. The van der Waals surface area contributed by atoms with Gasteiger partial charge in [0.2, 0.25) is 5.91 Å². The maximum Gasteiger partial charge on any atom is 0.224 e. The lowest BCUT2D eigenvalue weighted by Gasteiger charge is -2.06. The standard InChI is InChI=1S/C28H21FN6O2/c1-2-26(37)32-19-8-17(13-30-14-19)15-3-4-24-23(10-15)27(35-34-24)25-12-22-21(5-6-31-28(22)33-25)16-7-18(29)11-20(36)9-16/h3-14,36H,2H2,1H3,(H,31,33)(H,32,37)(H,34,35). The van der Waals surface area contributed by atoms with Crippen molar-refractivity contribution in [2.45, 2.75) is 13.3 Å². The van der Waals surface area contributed by atoms with Gasteiger partial charge in [-0.25, -0.2) is 9.37 Å². The van der Waals surface area contributed by atoms with E-state index in [4.69, 9.17) is 0 Å². The van der Waals surface area contributed by atoms with E-state index in [1.165, 1.54) is 12.1 Å². The van der Waals surface area contributed by atoms with Gasteiger partial charge < -0.3 is 15.4 Å². The van der Waals surface area contributed by atoms with Crippen LogP contribution in [0.2, 0.25) is 0 Å².